The summed E-state index contributed by atoms with van der Waals surface area (Å²) in [4.78, 5) is 11.9. The minimum atomic E-state index is -1.56. The van der Waals surface area contributed by atoms with Gasteiger partial charge in [0.25, 0.3) is 0 Å². The average Bonchev–Trinajstić information content (AvgIpc) is 2.90. The van der Waals surface area contributed by atoms with Gasteiger partial charge in [0.2, 0.25) is 5.91 Å². The molecule has 37 heavy (non-hydrogen) atoms. The van der Waals surface area contributed by atoms with Crippen molar-refractivity contribution in [3.05, 3.63) is 24.3 Å². The number of hydrogen-bond donors (Lipinski definition) is 6. The molecule has 0 spiro atoms. The summed E-state index contributed by atoms with van der Waals surface area (Å²) < 4.78 is 10.9. The van der Waals surface area contributed by atoms with Crippen molar-refractivity contribution in [1.29, 1.82) is 0 Å². The summed E-state index contributed by atoms with van der Waals surface area (Å²) in [7, 11) is 0. The molecule has 0 bridgehead atoms. The largest absolute Gasteiger partial charge is 0.394 e. The number of amides is 1. The summed E-state index contributed by atoms with van der Waals surface area (Å²) in [6, 6.07) is -0.811. The van der Waals surface area contributed by atoms with Crippen LogP contribution in [0.2, 0.25) is 0 Å². The number of carbonyl (C=O) groups is 1. The lowest BCUT2D eigenvalue weighted by molar-refractivity contribution is -0.302. The van der Waals surface area contributed by atoms with Crippen molar-refractivity contribution in [2.45, 2.75) is 134 Å². The van der Waals surface area contributed by atoms with Crippen LogP contribution in [-0.2, 0) is 14.3 Å². The van der Waals surface area contributed by atoms with Gasteiger partial charge in [-0.2, -0.15) is 0 Å². The number of nitrogens with one attached hydrogen (secondary N) is 1. The molecule has 1 amide bonds. The Hall–Kier alpha value is -1.33. The highest BCUT2D eigenvalue weighted by atomic mass is 16.7. The molecule has 1 aliphatic rings. The first-order valence-corrected chi connectivity index (χ1v) is 14.1. The third-order valence-electron chi connectivity index (χ3n) is 6.59. The highest BCUT2D eigenvalue weighted by Crippen LogP contribution is 2.22. The van der Waals surface area contributed by atoms with E-state index in [1.54, 1.807) is 13.0 Å². The molecule has 9 nitrogen and oxygen atoms in total. The van der Waals surface area contributed by atoms with Crippen LogP contribution in [-0.4, -0.2) is 87.5 Å². The highest BCUT2D eigenvalue weighted by Gasteiger charge is 2.44. The normalized spacial score (nSPS) is 26.1. The van der Waals surface area contributed by atoms with E-state index in [9.17, 15) is 30.3 Å². The second kappa shape index (κ2) is 20.6. The molecule has 9 heteroatoms. The van der Waals surface area contributed by atoms with Gasteiger partial charge in [-0.05, 0) is 25.7 Å². The Balaban J connectivity index is 2.39. The van der Waals surface area contributed by atoms with E-state index >= 15 is 0 Å². The van der Waals surface area contributed by atoms with Gasteiger partial charge in [0.15, 0.2) is 6.29 Å². The number of hydrogen-bond acceptors (Lipinski definition) is 8. The van der Waals surface area contributed by atoms with Crippen LogP contribution in [0.4, 0.5) is 0 Å². The Labute approximate surface area is 222 Å². The van der Waals surface area contributed by atoms with Crippen LogP contribution < -0.4 is 5.32 Å². The predicted molar refractivity (Wildman–Crippen MR) is 143 cm³/mol. The van der Waals surface area contributed by atoms with Gasteiger partial charge in [-0.3, -0.25) is 4.79 Å². The standard InChI is InChI=1S/C28H51NO8/c1-3-5-6-7-8-9-10-11-12-13-14-15-16-17-18-22(31)21(29-24(32)4-2)20-36-28-27(35)26(34)25(33)23(19-30)37-28/h13-14,17-18,21-23,25-28,30-31,33-35H,3-12,15-16,19-20H2,1-2H3,(H,29,32)/b14-13+,18-17+. The first kappa shape index (κ1) is 33.7. The summed E-state index contributed by atoms with van der Waals surface area (Å²) in [5, 5.41) is 52.5. The van der Waals surface area contributed by atoms with E-state index < -0.39 is 49.5 Å². The van der Waals surface area contributed by atoms with E-state index in [2.05, 4.69) is 24.4 Å². The van der Waals surface area contributed by atoms with Crippen LogP contribution in [0, 0.1) is 0 Å². The second-order valence-electron chi connectivity index (χ2n) is 9.79. The maximum atomic E-state index is 11.9. The second-order valence-corrected chi connectivity index (χ2v) is 9.79. The maximum absolute atomic E-state index is 11.9. The van der Waals surface area contributed by atoms with Crippen molar-refractivity contribution in [3.63, 3.8) is 0 Å². The monoisotopic (exact) mass is 529 g/mol. The molecule has 1 rings (SSSR count). The van der Waals surface area contributed by atoms with Gasteiger partial charge in [-0.15, -0.1) is 0 Å². The zero-order valence-corrected chi connectivity index (χ0v) is 22.7. The molecule has 1 aliphatic heterocycles. The molecule has 1 saturated heterocycles. The fourth-order valence-corrected chi connectivity index (χ4v) is 4.13. The molecule has 0 aromatic rings. The van der Waals surface area contributed by atoms with E-state index in [4.69, 9.17) is 9.47 Å². The Morgan fingerprint density at radius 2 is 1.51 bits per heavy atom. The number of rotatable bonds is 20. The summed E-state index contributed by atoms with van der Waals surface area (Å²) in [6.07, 6.45) is 13.1. The topological polar surface area (TPSA) is 149 Å². The number of ether oxygens (including phenoxy) is 2. The molecule has 0 aromatic carbocycles. The number of aliphatic hydroxyl groups is 5. The summed E-state index contributed by atoms with van der Waals surface area (Å²) >= 11 is 0. The zero-order chi connectivity index (χ0) is 27.5. The molecule has 0 aromatic heterocycles. The van der Waals surface area contributed by atoms with Crippen molar-refractivity contribution in [3.8, 4) is 0 Å². The number of carbonyl (C=O) groups excluding carboxylic acids is 1. The fourth-order valence-electron chi connectivity index (χ4n) is 4.13. The van der Waals surface area contributed by atoms with Crippen molar-refractivity contribution in [1.82, 2.24) is 5.32 Å². The molecule has 0 aliphatic carbocycles. The van der Waals surface area contributed by atoms with Crippen LogP contribution in [0.25, 0.3) is 0 Å². The first-order valence-electron chi connectivity index (χ1n) is 14.1. The number of allylic oxidation sites excluding steroid dienone is 3. The van der Waals surface area contributed by atoms with Crippen molar-refractivity contribution >= 4 is 5.91 Å². The summed E-state index contributed by atoms with van der Waals surface area (Å²) in [5.74, 6) is -0.279. The van der Waals surface area contributed by atoms with Crippen molar-refractivity contribution in [2.75, 3.05) is 13.2 Å². The van der Waals surface area contributed by atoms with Crippen LogP contribution in [0.1, 0.15) is 90.9 Å². The van der Waals surface area contributed by atoms with Crippen molar-refractivity contribution < 1.29 is 39.8 Å². The maximum Gasteiger partial charge on any atom is 0.220 e. The van der Waals surface area contributed by atoms with E-state index in [1.165, 1.54) is 51.4 Å². The molecule has 1 heterocycles. The zero-order valence-electron chi connectivity index (χ0n) is 22.7. The van der Waals surface area contributed by atoms with Crippen LogP contribution in [0.15, 0.2) is 24.3 Å². The van der Waals surface area contributed by atoms with E-state index in [0.717, 1.165) is 19.3 Å². The van der Waals surface area contributed by atoms with Gasteiger partial charge in [0.1, 0.15) is 24.4 Å². The Kier molecular flexibility index (Phi) is 18.8. The lowest BCUT2D eigenvalue weighted by Crippen LogP contribution is -2.60. The van der Waals surface area contributed by atoms with Crippen LogP contribution >= 0.6 is 0 Å². The highest BCUT2D eigenvalue weighted by molar-refractivity contribution is 5.75. The minimum Gasteiger partial charge on any atom is -0.394 e. The smallest absolute Gasteiger partial charge is 0.220 e. The SMILES string of the molecule is CCCCCCCCCC/C=C/CC/C=C/C(O)C(COC1OC(CO)C(O)C(O)C1O)NC(=O)CC. The Bertz CT molecular complexity index is 642. The molecule has 0 radical (unpaired) electrons. The Morgan fingerprint density at radius 1 is 0.892 bits per heavy atom. The molecular weight excluding hydrogens is 478 g/mol. The number of unbranched alkanes of at least 4 members (excludes halogenated alkanes) is 9. The van der Waals surface area contributed by atoms with E-state index in [1.807, 2.05) is 6.08 Å². The van der Waals surface area contributed by atoms with Crippen LogP contribution in [0.3, 0.4) is 0 Å². The fraction of sp³-hybridized carbons (Fsp3) is 0.821. The van der Waals surface area contributed by atoms with E-state index in [0.29, 0.717) is 0 Å². The molecule has 0 saturated carbocycles. The van der Waals surface area contributed by atoms with Gasteiger partial charge in [0, 0.05) is 6.42 Å². The quantitative estimate of drug-likeness (QED) is 0.104. The molecule has 6 N–H and O–H groups in total. The molecule has 1 fully saturated rings. The van der Waals surface area contributed by atoms with Gasteiger partial charge < -0.3 is 40.3 Å². The van der Waals surface area contributed by atoms with Gasteiger partial charge in [-0.1, -0.05) is 83.1 Å². The minimum absolute atomic E-state index is 0.210. The number of aliphatic hydroxyl groups excluding tert-OH is 5. The molecular formula is C28H51NO8. The van der Waals surface area contributed by atoms with E-state index in [-0.39, 0.29) is 18.9 Å². The first-order chi connectivity index (χ1) is 17.8. The van der Waals surface area contributed by atoms with Crippen molar-refractivity contribution in [2.24, 2.45) is 0 Å². The average molecular weight is 530 g/mol. The summed E-state index contributed by atoms with van der Waals surface area (Å²) in [5.41, 5.74) is 0. The Morgan fingerprint density at radius 3 is 2.16 bits per heavy atom. The summed E-state index contributed by atoms with van der Waals surface area (Å²) in [6.45, 7) is 3.14. The lowest BCUT2D eigenvalue weighted by Gasteiger charge is -2.40. The van der Waals surface area contributed by atoms with Gasteiger partial charge >= 0.3 is 0 Å². The molecule has 7 unspecified atom stereocenters. The van der Waals surface area contributed by atoms with Crippen LogP contribution in [0.5, 0.6) is 0 Å². The molecule has 7 atom stereocenters. The third kappa shape index (κ3) is 13.9. The lowest BCUT2D eigenvalue weighted by atomic mass is 9.99. The predicted octanol–water partition coefficient (Wildman–Crippen LogP) is 2.48. The van der Waals surface area contributed by atoms with Gasteiger partial charge in [0.05, 0.1) is 25.4 Å². The third-order valence-corrected chi connectivity index (χ3v) is 6.59. The molecule has 216 valence electrons. The van der Waals surface area contributed by atoms with Gasteiger partial charge in [-0.25, -0.2) is 0 Å².